The first-order valence-electron chi connectivity index (χ1n) is 7.23. The molecule has 21 heavy (non-hydrogen) atoms. The SMILES string of the molecule is CC(C)[C@]1(O)C(=O)N(c2ccccc2)[C@@H]1c1ccccc1. The Hall–Kier alpha value is -2.13. The van der Waals surface area contributed by atoms with Gasteiger partial charge in [0.1, 0.15) is 6.04 Å². The lowest BCUT2D eigenvalue weighted by Crippen LogP contribution is -2.71. The van der Waals surface area contributed by atoms with E-state index in [-0.39, 0.29) is 17.9 Å². The smallest absolute Gasteiger partial charge is 0.262 e. The minimum Gasteiger partial charge on any atom is -0.377 e. The molecule has 0 aliphatic carbocycles. The molecule has 0 saturated carbocycles. The molecule has 3 heteroatoms. The van der Waals surface area contributed by atoms with Crippen molar-refractivity contribution in [2.75, 3.05) is 4.90 Å². The van der Waals surface area contributed by atoms with E-state index in [1.165, 1.54) is 0 Å². The average Bonchev–Trinajstić information content (AvgIpc) is 2.52. The third-order valence-corrected chi connectivity index (χ3v) is 4.27. The van der Waals surface area contributed by atoms with Gasteiger partial charge in [-0.05, 0) is 23.6 Å². The predicted octanol–water partition coefficient (Wildman–Crippen LogP) is 3.16. The van der Waals surface area contributed by atoms with Crippen molar-refractivity contribution in [2.45, 2.75) is 25.5 Å². The normalized spacial score (nSPS) is 25.0. The number of nitrogens with zero attached hydrogens (tertiary/aromatic N) is 1. The number of amides is 1. The largest absolute Gasteiger partial charge is 0.377 e. The minimum absolute atomic E-state index is 0.143. The predicted molar refractivity (Wildman–Crippen MR) is 82.9 cm³/mol. The number of anilines is 1. The number of hydrogen-bond donors (Lipinski definition) is 1. The molecule has 2 atom stereocenters. The molecule has 3 rings (SSSR count). The van der Waals surface area contributed by atoms with E-state index < -0.39 is 5.60 Å². The van der Waals surface area contributed by atoms with Crippen LogP contribution in [0.2, 0.25) is 0 Å². The highest BCUT2D eigenvalue weighted by Crippen LogP contribution is 2.49. The molecule has 2 aromatic rings. The van der Waals surface area contributed by atoms with Gasteiger partial charge in [0.2, 0.25) is 0 Å². The number of β-lactam (4-membered cyclic amide) rings is 1. The summed E-state index contributed by atoms with van der Waals surface area (Å²) in [7, 11) is 0. The van der Waals surface area contributed by atoms with Crippen molar-refractivity contribution >= 4 is 11.6 Å². The van der Waals surface area contributed by atoms with Gasteiger partial charge in [0, 0.05) is 5.69 Å². The maximum absolute atomic E-state index is 12.6. The van der Waals surface area contributed by atoms with Crippen molar-refractivity contribution in [1.29, 1.82) is 0 Å². The fourth-order valence-electron chi connectivity index (χ4n) is 3.01. The van der Waals surface area contributed by atoms with E-state index in [4.69, 9.17) is 0 Å². The molecule has 0 radical (unpaired) electrons. The number of benzene rings is 2. The molecule has 2 aromatic carbocycles. The minimum atomic E-state index is -1.34. The second kappa shape index (κ2) is 5.01. The Morgan fingerprint density at radius 3 is 2.05 bits per heavy atom. The Kier molecular flexibility index (Phi) is 3.30. The van der Waals surface area contributed by atoms with Gasteiger partial charge >= 0.3 is 0 Å². The van der Waals surface area contributed by atoms with Gasteiger partial charge in [0.05, 0.1) is 0 Å². The topological polar surface area (TPSA) is 40.5 Å². The summed E-state index contributed by atoms with van der Waals surface area (Å²) in [4.78, 5) is 14.3. The zero-order valence-electron chi connectivity index (χ0n) is 12.2. The second-order valence-electron chi connectivity index (χ2n) is 5.80. The molecular formula is C18H19NO2. The van der Waals surface area contributed by atoms with Gasteiger partial charge < -0.3 is 5.11 Å². The molecule has 0 spiro atoms. The molecule has 0 aromatic heterocycles. The number of carbonyl (C=O) groups is 1. The summed E-state index contributed by atoms with van der Waals surface area (Å²) < 4.78 is 0. The summed E-state index contributed by atoms with van der Waals surface area (Å²) in [5.74, 6) is -0.368. The van der Waals surface area contributed by atoms with Crippen LogP contribution in [0.25, 0.3) is 0 Å². The number of rotatable bonds is 3. The third kappa shape index (κ3) is 1.96. The highest BCUT2D eigenvalue weighted by atomic mass is 16.3. The Bertz CT molecular complexity index is 639. The molecule has 108 valence electrons. The fourth-order valence-corrected chi connectivity index (χ4v) is 3.01. The molecule has 3 nitrogen and oxygen atoms in total. The summed E-state index contributed by atoms with van der Waals surface area (Å²) in [6.45, 7) is 3.77. The van der Waals surface area contributed by atoms with Crippen LogP contribution in [0.3, 0.4) is 0 Å². The van der Waals surface area contributed by atoms with Gasteiger partial charge in [0.25, 0.3) is 5.91 Å². The molecule has 0 bridgehead atoms. The van der Waals surface area contributed by atoms with Gasteiger partial charge in [-0.2, -0.15) is 0 Å². The van der Waals surface area contributed by atoms with Crippen LogP contribution < -0.4 is 4.90 Å². The van der Waals surface area contributed by atoms with E-state index in [9.17, 15) is 9.90 Å². The van der Waals surface area contributed by atoms with Crippen LogP contribution in [-0.4, -0.2) is 16.6 Å². The van der Waals surface area contributed by atoms with Crippen LogP contribution in [0, 0.1) is 5.92 Å². The summed E-state index contributed by atoms with van der Waals surface area (Å²) in [5.41, 5.74) is 0.441. The zero-order valence-corrected chi connectivity index (χ0v) is 12.2. The van der Waals surface area contributed by atoms with Crippen molar-refractivity contribution in [1.82, 2.24) is 0 Å². The first-order valence-corrected chi connectivity index (χ1v) is 7.23. The van der Waals surface area contributed by atoms with E-state index in [2.05, 4.69) is 0 Å². The number of aliphatic hydroxyl groups is 1. The Labute approximate surface area is 124 Å². The van der Waals surface area contributed by atoms with Crippen molar-refractivity contribution in [2.24, 2.45) is 5.92 Å². The lowest BCUT2D eigenvalue weighted by Gasteiger charge is -2.55. The van der Waals surface area contributed by atoms with E-state index in [1.807, 2.05) is 74.5 Å². The van der Waals surface area contributed by atoms with E-state index in [1.54, 1.807) is 4.90 Å². The van der Waals surface area contributed by atoms with Crippen molar-refractivity contribution in [3.63, 3.8) is 0 Å². The van der Waals surface area contributed by atoms with Crippen molar-refractivity contribution in [3.05, 3.63) is 66.2 Å². The van der Waals surface area contributed by atoms with Crippen LogP contribution in [0.5, 0.6) is 0 Å². The van der Waals surface area contributed by atoms with Gasteiger partial charge in [-0.3, -0.25) is 9.69 Å². The molecule has 1 fully saturated rings. The lowest BCUT2D eigenvalue weighted by atomic mass is 9.71. The molecule has 1 N–H and O–H groups in total. The molecule has 1 aliphatic heterocycles. The molecular weight excluding hydrogens is 262 g/mol. The molecule has 1 saturated heterocycles. The van der Waals surface area contributed by atoms with Crippen LogP contribution in [0.15, 0.2) is 60.7 Å². The zero-order chi connectivity index (χ0) is 15.0. The Morgan fingerprint density at radius 1 is 1.00 bits per heavy atom. The number of carbonyl (C=O) groups excluding carboxylic acids is 1. The monoisotopic (exact) mass is 281 g/mol. The Balaban J connectivity index is 2.07. The van der Waals surface area contributed by atoms with Crippen LogP contribution in [0.1, 0.15) is 25.5 Å². The summed E-state index contributed by atoms with van der Waals surface area (Å²) in [5, 5.41) is 10.9. The fraction of sp³-hybridized carbons (Fsp3) is 0.278. The van der Waals surface area contributed by atoms with Gasteiger partial charge in [-0.25, -0.2) is 0 Å². The van der Waals surface area contributed by atoms with Crippen molar-refractivity contribution in [3.8, 4) is 0 Å². The number of hydrogen-bond acceptors (Lipinski definition) is 2. The maximum Gasteiger partial charge on any atom is 0.262 e. The van der Waals surface area contributed by atoms with Crippen molar-refractivity contribution < 1.29 is 9.90 Å². The summed E-state index contributed by atoms with van der Waals surface area (Å²) >= 11 is 0. The highest BCUT2D eigenvalue weighted by molar-refractivity contribution is 6.08. The second-order valence-corrected chi connectivity index (χ2v) is 5.80. The van der Waals surface area contributed by atoms with Crippen LogP contribution in [0.4, 0.5) is 5.69 Å². The first-order chi connectivity index (χ1) is 10.1. The average molecular weight is 281 g/mol. The standard InChI is InChI=1S/C18H19NO2/c1-13(2)18(21)16(14-9-5-3-6-10-14)19(17(18)20)15-11-7-4-8-12-15/h3-13,16,21H,1-2H3/t16-,18-/m1/s1. The Morgan fingerprint density at radius 2 is 1.52 bits per heavy atom. The van der Waals surface area contributed by atoms with Gasteiger partial charge in [0.15, 0.2) is 5.60 Å². The van der Waals surface area contributed by atoms with E-state index in [0.717, 1.165) is 11.3 Å². The van der Waals surface area contributed by atoms with Gasteiger partial charge in [-0.15, -0.1) is 0 Å². The first kappa shape index (κ1) is 13.8. The molecule has 1 amide bonds. The van der Waals surface area contributed by atoms with Crippen LogP contribution >= 0.6 is 0 Å². The lowest BCUT2D eigenvalue weighted by molar-refractivity contribution is -0.161. The maximum atomic E-state index is 12.6. The third-order valence-electron chi connectivity index (χ3n) is 4.27. The molecule has 1 heterocycles. The number of para-hydroxylation sites is 1. The highest BCUT2D eigenvalue weighted by Gasteiger charge is 2.62. The molecule has 1 aliphatic rings. The van der Waals surface area contributed by atoms with Gasteiger partial charge in [-0.1, -0.05) is 62.4 Å². The summed E-state index contributed by atoms with van der Waals surface area (Å²) in [6.07, 6.45) is 0. The van der Waals surface area contributed by atoms with E-state index >= 15 is 0 Å². The molecule has 0 unspecified atom stereocenters. The van der Waals surface area contributed by atoms with E-state index in [0.29, 0.717) is 0 Å². The summed E-state index contributed by atoms with van der Waals surface area (Å²) in [6, 6.07) is 18.9. The van der Waals surface area contributed by atoms with Crippen LogP contribution in [-0.2, 0) is 4.79 Å². The quantitative estimate of drug-likeness (QED) is 0.878.